The normalized spacial score (nSPS) is 13.3. The van der Waals surface area contributed by atoms with Gasteiger partial charge < -0.3 is 0 Å². The fourth-order valence-electron chi connectivity index (χ4n) is 2.23. The van der Waals surface area contributed by atoms with Gasteiger partial charge in [0.05, 0.1) is 21.1 Å². The Morgan fingerprint density at radius 3 is 2.43 bits per heavy atom. The van der Waals surface area contributed by atoms with Gasteiger partial charge in [0.1, 0.15) is 5.82 Å². The first kappa shape index (κ1) is 15.4. The van der Waals surface area contributed by atoms with Crippen molar-refractivity contribution in [3.05, 3.63) is 78.7 Å². The summed E-state index contributed by atoms with van der Waals surface area (Å²) in [5.41, 5.74) is 1.65. The predicted octanol–water partition coefficient (Wildman–Crippen LogP) is 4.68. The molecule has 116 valence electrons. The third kappa shape index (κ3) is 3.46. The summed E-state index contributed by atoms with van der Waals surface area (Å²) >= 11 is 0. The molecule has 0 aliphatic heterocycles. The van der Waals surface area contributed by atoms with E-state index in [9.17, 15) is 8.60 Å². The van der Waals surface area contributed by atoms with Gasteiger partial charge in [0.25, 0.3) is 0 Å². The maximum Gasteiger partial charge on any atom is 0.125 e. The molecule has 1 aromatic heterocycles. The van der Waals surface area contributed by atoms with Crippen LogP contribution in [-0.2, 0) is 9.73 Å². The number of benzene rings is 2. The van der Waals surface area contributed by atoms with Crippen molar-refractivity contribution in [3.8, 4) is 11.3 Å². The molecule has 1 heterocycles. The van der Waals surface area contributed by atoms with E-state index in [4.69, 9.17) is 0 Å². The third-order valence-corrected chi connectivity index (χ3v) is 5.05. The van der Waals surface area contributed by atoms with Crippen molar-refractivity contribution in [1.29, 1.82) is 0 Å². The number of halogens is 1. The first-order valence-corrected chi connectivity index (χ1v) is 8.97. The highest BCUT2D eigenvalue weighted by Crippen LogP contribution is 2.31. The number of rotatable bonds is 3. The maximum absolute atomic E-state index is 13.7. The summed E-state index contributed by atoms with van der Waals surface area (Å²) in [5.74, 6) is -0.424. The molecule has 3 aromatic rings. The minimum atomic E-state index is -2.68. The second-order valence-corrected chi connectivity index (χ2v) is 7.34. The van der Waals surface area contributed by atoms with E-state index in [1.807, 2.05) is 18.2 Å². The zero-order chi connectivity index (χ0) is 16.3. The van der Waals surface area contributed by atoms with E-state index >= 15 is 0 Å². The Labute approximate surface area is 135 Å². The van der Waals surface area contributed by atoms with Crippen LogP contribution in [0.5, 0.6) is 0 Å². The molecule has 1 unspecified atom stereocenters. The highest BCUT2D eigenvalue weighted by Gasteiger charge is 2.11. The third-order valence-electron chi connectivity index (χ3n) is 3.35. The lowest BCUT2D eigenvalue weighted by Crippen LogP contribution is -1.97. The first-order chi connectivity index (χ1) is 11.1. The van der Waals surface area contributed by atoms with Gasteiger partial charge in [-0.2, -0.15) is 4.36 Å². The van der Waals surface area contributed by atoms with Gasteiger partial charge in [-0.15, -0.1) is 0 Å². The van der Waals surface area contributed by atoms with Crippen molar-refractivity contribution in [2.75, 3.05) is 6.26 Å². The molecular weight excluding hydrogens is 311 g/mol. The molecule has 2 aromatic carbocycles. The molecule has 0 saturated heterocycles. The molecule has 1 atom stereocenters. The standard InChI is InChI=1S/C18H15FN2OS/c1-23(22,15-7-3-2-4-8-15)21-18-13-14(19)10-11-16(18)17-9-5-6-12-20-17/h2-13H,1H3. The van der Waals surface area contributed by atoms with E-state index in [0.29, 0.717) is 21.8 Å². The molecule has 0 aliphatic carbocycles. The van der Waals surface area contributed by atoms with Crippen LogP contribution in [-0.4, -0.2) is 15.4 Å². The number of aromatic nitrogens is 1. The molecule has 0 saturated carbocycles. The number of nitrogens with zero attached hydrogens (tertiary/aromatic N) is 2. The molecule has 5 heteroatoms. The van der Waals surface area contributed by atoms with E-state index in [1.54, 1.807) is 48.9 Å². The summed E-state index contributed by atoms with van der Waals surface area (Å²) in [6, 6.07) is 18.7. The Hall–Kier alpha value is -2.53. The monoisotopic (exact) mass is 326 g/mol. The quantitative estimate of drug-likeness (QED) is 0.701. The minimum absolute atomic E-state index is 0.333. The van der Waals surface area contributed by atoms with Crippen LogP contribution in [0.3, 0.4) is 0 Å². The summed E-state index contributed by atoms with van der Waals surface area (Å²) in [4.78, 5) is 4.87. The lowest BCUT2D eigenvalue weighted by Gasteiger charge is -2.08. The van der Waals surface area contributed by atoms with E-state index < -0.39 is 15.5 Å². The number of pyridine rings is 1. The second kappa shape index (κ2) is 6.30. The van der Waals surface area contributed by atoms with Crippen LogP contribution >= 0.6 is 0 Å². The highest BCUT2D eigenvalue weighted by molar-refractivity contribution is 7.93. The summed E-state index contributed by atoms with van der Waals surface area (Å²) < 4.78 is 31.0. The van der Waals surface area contributed by atoms with Crippen LogP contribution in [0.2, 0.25) is 0 Å². The molecule has 0 spiro atoms. The van der Waals surface area contributed by atoms with Gasteiger partial charge in [0, 0.05) is 29.0 Å². The Morgan fingerprint density at radius 1 is 1.00 bits per heavy atom. The highest BCUT2D eigenvalue weighted by atomic mass is 32.2. The lowest BCUT2D eigenvalue weighted by atomic mass is 10.1. The first-order valence-electron chi connectivity index (χ1n) is 7.04. The minimum Gasteiger partial charge on any atom is -0.256 e. The number of hydrogen-bond acceptors (Lipinski definition) is 3. The second-order valence-electron chi connectivity index (χ2n) is 5.08. The molecular formula is C18H15FN2OS. The van der Waals surface area contributed by atoms with Crippen LogP contribution in [0.1, 0.15) is 0 Å². The summed E-state index contributed by atoms with van der Waals surface area (Å²) in [5, 5.41) is 0. The van der Waals surface area contributed by atoms with Gasteiger partial charge in [0.15, 0.2) is 0 Å². The van der Waals surface area contributed by atoms with Crippen molar-refractivity contribution in [2.24, 2.45) is 4.36 Å². The van der Waals surface area contributed by atoms with Crippen molar-refractivity contribution >= 4 is 15.4 Å². The molecule has 0 amide bonds. The summed E-state index contributed by atoms with van der Waals surface area (Å²) in [6.07, 6.45) is 3.21. The fraction of sp³-hybridized carbons (Fsp3) is 0.0556. The fourth-order valence-corrected chi connectivity index (χ4v) is 3.53. The van der Waals surface area contributed by atoms with Gasteiger partial charge in [-0.25, -0.2) is 8.60 Å². The van der Waals surface area contributed by atoms with Crippen molar-refractivity contribution < 1.29 is 8.60 Å². The zero-order valence-corrected chi connectivity index (χ0v) is 13.3. The summed E-state index contributed by atoms with van der Waals surface area (Å²) in [7, 11) is -2.68. The van der Waals surface area contributed by atoms with Gasteiger partial charge in [-0.05, 0) is 36.4 Å². The molecule has 23 heavy (non-hydrogen) atoms. The van der Waals surface area contributed by atoms with E-state index in [2.05, 4.69) is 9.35 Å². The van der Waals surface area contributed by atoms with Crippen molar-refractivity contribution in [1.82, 2.24) is 4.98 Å². The van der Waals surface area contributed by atoms with Gasteiger partial charge in [0.2, 0.25) is 0 Å². The lowest BCUT2D eigenvalue weighted by molar-refractivity contribution is 0.628. The molecule has 0 radical (unpaired) electrons. The molecule has 3 nitrogen and oxygen atoms in total. The summed E-state index contributed by atoms with van der Waals surface area (Å²) in [6.45, 7) is 0. The van der Waals surface area contributed by atoms with Crippen molar-refractivity contribution in [2.45, 2.75) is 4.90 Å². The van der Waals surface area contributed by atoms with Crippen LogP contribution in [0.15, 0.2) is 82.2 Å². The predicted molar refractivity (Wildman–Crippen MR) is 90.5 cm³/mol. The topological polar surface area (TPSA) is 42.3 Å². The Kier molecular flexibility index (Phi) is 4.21. The smallest absolute Gasteiger partial charge is 0.125 e. The van der Waals surface area contributed by atoms with E-state index in [0.717, 1.165) is 0 Å². The Balaban J connectivity index is 2.19. The molecule has 3 rings (SSSR count). The van der Waals surface area contributed by atoms with E-state index in [-0.39, 0.29) is 0 Å². The van der Waals surface area contributed by atoms with Gasteiger partial charge >= 0.3 is 0 Å². The van der Waals surface area contributed by atoms with Crippen molar-refractivity contribution in [3.63, 3.8) is 0 Å². The van der Waals surface area contributed by atoms with Crippen LogP contribution < -0.4 is 0 Å². The average molecular weight is 326 g/mol. The molecule has 0 bridgehead atoms. The van der Waals surface area contributed by atoms with Crippen LogP contribution in [0, 0.1) is 5.82 Å². The molecule has 0 N–H and O–H groups in total. The maximum atomic E-state index is 13.7. The van der Waals surface area contributed by atoms with Crippen LogP contribution in [0.4, 0.5) is 10.1 Å². The Bertz CT molecular complexity index is 934. The van der Waals surface area contributed by atoms with E-state index in [1.165, 1.54) is 12.1 Å². The zero-order valence-electron chi connectivity index (χ0n) is 12.5. The van der Waals surface area contributed by atoms with Gasteiger partial charge in [-0.1, -0.05) is 24.3 Å². The Morgan fingerprint density at radius 2 is 1.74 bits per heavy atom. The molecule has 0 fully saturated rings. The van der Waals surface area contributed by atoms with Gasteiger partial charge in [-0.3, -0.25) is 4.98 Å². The molecule has 0 aliphatic rings. The SMILES string of the molecule is CS(=O)(=Nc1cc(F)ccc1-c1ccccn1)c1ccccc1. The number of hydrogen-bond donors (Lipinski definition) is 0. The average Bonchev–Trinajstić information content (AvgIpc) is 2.56. The van der Waals surface area contributed by atoms with Crippen LogP contribution in [0.25, 0.3) is 11.3 Å². The largest absolute Gasteiger partial charge is 0.256 e.